The minimum Gasteiger partial charge on any atom is -0.339 e. The lowest BCUT2D eigenvalue weighted by Crippen LogP contribution is -2.37. The second-order valence-corrected chi connectivity index (χ2v) is 7.25. The fourth-order valence-corrected chi connectivity index (χ4v) is 3.88. The van der Waals surface area contributed by atoms with Crippen molar-refractivity contribution < 1.29 is 4.79 Å². The summed E-state index contributed by atoms with van der Waals surface area (Å²) in [5.74, 6) is 0.566. The first-order valence-corrected chi connectivity index (χ1v) is 8.84. The number of benzene rings is 1. The number of likely N-dealkylation sites (tertiary alicyclic amines) is 1. The van der Waals surface area contributed by atoms with Crippen LogP contribution < -0.4 is 0 Å². The Balaban J connectivity index is 1.66. The molecule has 0 aliphatic carbocycles. The van der Waals surface area contributed by atoms with Crippen molar-refractivity contribution in [2.75, 3.05) is 13.1 Å². The molecule has 2 heterocycles. The second kappa shape index (κ2) is 6.46. The zero-order valence-electron chi connectivity index (χ0n) is 11.3. The predicted molar refractivity (Wildman–Crippen MR) is 89.1 cm³/mol. The van der Waals surface area contributed by atoms with Gasteiger partial charge in [-0.05, 0) is 47.0 Å². The summed E-state index contributed by atoms with van der Waals surface area (Å²) in [6.07, 6.45) is 3.81. The number of halogens is 2. The van der Waals surface area contributed by atoms with Gasteiger partial charge in [-0.3, -0.25) is 4.79 Å². The fraction of sp³-hybridized carbons (Fsp3) is 0.333. The highest BCUT2D eigenvalue weighted by Gasteiger charge is 2.25. The highest BCUT2D eigenvalue weighted by Crippen LogP contribution is 2.30. The lowest BCUT2D eigenvalue weighted by atomic mass is 9.97. The van der Waals surface area contributed by atoms with E-state index in [1.807, 2.05) is 16.5 Å². The number of piperidine rings is 1. The van der Waals surface area contributed by atoms with Gasteiger partial charge in [-0.1, -0.05) is 11.6 Å². The molecule has 1 aliphatic rings. The van der Waals surface area contributed by atoms with Crippen LogP contribution in [0, 0.1) is 0 Å². The van der Waals surface area contributed by atoms with Crippen molar-refractivity contribution in [3.63, 3.8) is 0 Å². The molecule has 2 aromatic rings. The third-order valence-corrected chi connectivity index (χ3v) is 5.90. The minimum absolute atomic E-state index is 0.0740. The molecule has 1 amide bonds. The maximum atomic E-state index is 12.5. The number of carbonyl (C=O) groups excluding carboxylic acids is 1. The molecule has 1 aromatic carbocycles. The molecule has 0 radical (unpaired) electrons. The third kappa shape index (κ3) is 3.30. The normalized spacial score (nSPS) is 16.2. The lowest BCUT2D eigenvalue weighted by Gasteiger charge is -2.31. The summed E-state index contributed by atoms with van der Waals surface area (Å²) >= 11 is 11.0. The quantitative estimate of drug-likeness (QED) is 0.758. The first-order valence-electron chi connectivity index (χ1n) is 6.79. The Kier molecular flexibility index (Phi) is 4.62. The van der Waals surface area contributed by atoms with Gasteiger partial charge in [-0.15, -0.1) is 11.3 Å². The van der Waals surface area contributed by atoms with Crippen LogP contribution in [-0.4, -0.2) is 28.9 Å². The highest BCUT2D eigenvalue weighted by atomic mass is 79.9. The minimum atomic E-state index is 0.0740. The Bertz CT molecular complexity index is 639. The van der Waals surface area contributed by atoms with Crippen molar-refractivity contribution in [2.24, 2.45) is 0 Å². The first kappa shape index (κ1) is 15.0. The van der Waals surface area contributed by atoms with E-state index < -0.39 is 0 Å². The van der Waals surface area contributed by atoms with Crippen LogP contribution in [0.1, 0.15) is 34.1 Å². The SMILES string of the molecule is O=C(c1ccc(Cl)c(Br)c1)N1CCC(c2nccs2)CC1. The van der Waals surface area contributed by atoms with E-state index >= 15 is 0 Å². The Morgan fingerprint density at radius 3 is 2.76 bits per heavy atom. The number of aromatic nitrogens is 1. The van der Waals surface area contributed by atoms with Crippen LogP contribution in [0.3, 0.4) is 0 Å². The van der Waals surface area contributed by atoms with E-state index in [1.165, 1.54) is 5.01 Å². The summed E-state index contributed by atoms with van der Waals surface area (Å²) in [6, 6.07) is 5.32. The highest BCUT2D eigenvalue weighted by molar-refractivity contribution is 9.10. The van der Waals surface area contributed by atoms with E-state index in [-0.39, 0.29) is 5.91 Å². The fourth-order valence-electron chi connectivity index (χ4n) is 2.58. The van der Waals surface area contributed by atoms with Gasteiger partial charge in [0.1, 0.15) is 0 Å². The van der Waals surface area contributed by atoms with Gasteiger partial charge >= 0.3 is 0 Å². The molecule has 0 spiro atoms. The van der Waals surface area contributed by atoms with Crippen molar-refractivity contribution >= 4 is 44.8 Å². The van der Waals surface area contributed by atoms with Crippen LogP contribution in [0.5, 0.6) is 0 Å². The molecular weight excluding hydrogens is 372 g/mol. The molecule has 0 bridgehead atoms. The number of nitrogens with zero attached hydrogens (tertiary/aromatic N) is 2. The van der Waals surface area contributed by atoms with Gasteiger partial charge in [-0.2, -0.15) is 0 Å². The van der Waals surface area contributed by atoms with Crippen LogP contribution in [0.2, 0.25) is 5.02 Å². The first-order chi connectivity index (χ1) is 10.1. The molecule has 0 N–H and O–H groups in total. The van der Waals surface area contributed by atoms with Gasteiger partial charge in [0.2, 0.25) is 0 Å². The monoisotopic (exact) mass is 384 g/mol. The van der Waals surface area contributed by atoms with E-state index in [4.69, 9.17) is 11.6 Å². The van der Waals surface area contributed by atoms with Crippen molar-refractivity contribution in [3.8, 4) is 0 Å². The zero-order chi connectivity index (χ0) is 14.8. The van der Waals surface area contributed by atoms with Crippen molar-refractivity contribution in [2.45, 2.75) is 18.8 Å². The number of hydrogen-bond donors (Lipinski definition) is 0. The molecular formula is C15H14BrClN2OS. The third-order valence-electron chi connectivity index (χ3n) is 3.75. The van der Waals surface area contributed by atoms with Gasteiger partial charge in [0.05, 0.1) is 10.0 Å². The van der Waals surface area contributed by atoms with E-state index in [2.05, 4.69) is 20.9 Å². The lowest BCUT2D eigenvalue weighted by molar-refractivity contribution is 0.0713. The van der Waals surface area contributed by atoms with Crippen LogP contribution in [0.15, 0.2) is 34.2 Å². The molecule has 1 fully saturated rings. The molecule has 1 aromatic heterocycles. The Labute approximate surface area is 141 Å². The Morgan fingerprint density at radius 2 is 2.14 bits per heavy atom. The number of rotatable bonds is 2. The second-order valence-electron chi connectivity index (χ2n) is 5.07. The van der Waals surface area contributed by atoms with Crippen molar-refractivity contribution in [1.82, 2.24) is 9.88 Å². The average molecular weight is 386 g/mol. The largest absolute Gasteiger partial charge is 0.339 e. The van der Waals surface area contributed by atoms with Crippen molar-refractivity contribution in [3.05, 3.63) is 49.8 Å². The summed E-state index contributed by atoms with van der Waals surface area (Å²) < 4.78 is 0.757. The molecule has 3 nitrogen and oxygen atoms in total. The standard InChI is InChI=1S/C15H14BrClN2OS/c16-12-9-11(1-2-13(12)17)15(20)19-6-3-10(4-7-19)14-18-5-8-21-14/h1-2,5,8-10H,3-4,6-7H2. The summed E-state index contributed by atoms with van der Waals surface area (Å²) in [6.45, 7) is 1.56. The molecule has 21 heavy (non-hydrogen) atoms. The van der Waals surface area contributed by atoms with E-state index in [9.17, 15) is 4.79 Å². The smallest absolute Gasteiger partial charge is 0.253 e. The molecule has 6 heteroatoms. The summed E-state index contributed by atoms with van der Waals surface area (Å²) in [4.78, 5) is 18.8. The molecule has 1 aliphatic heterocycles. The van der Waals surface area contributed by atoms with Gasteiger partial charge in [-0.25, -0.2) is 4.98 Å². The molecule has 3 rings (SSSR count). The van der Waals surface area contributed by atoms with E-state index in [0.29, 0.717) is 16.5 Å². The van der Waals surface area contributed by atoms with Crippen LogP contribution >= 0.6 is 38.9 Å². The molecule has 0 saturated carbocycles. The number of thiazole rings is 1. The van der Waals surface area contributed by atoms with Gasteiger partial charge in [0, 0.05) is 40.6 Å². The number of carbonyl (C=O) groups is 1. The Hall–Kier alpha value is -0.910. The molecule has 110 valence electrons. The van der Waals surface area contributed by atoms with E-state index in [0.717, 1.165) is 30.4 Å². The van der Waals surface area contributed by atoms with Gasteiger partial charge in [0.25, 0.3) is 5.91 Å². The number of hydrogen-bond acceptors (Lipinski definition) is 3. The molecule has 0 atom stereocenters. The zero-order valence-corrected chi connectivity index (χ0v) is 14.4. The summed E-state index contributed by atoms with van der Waals surface area (Å²) in [7, 11) is 0. The van der Waals surface area contributed by atoms with Gasteiger partial charge < -0.3 is 4.90 Å². The maximum absolute atomic E-state index is 12.5. The van der Waals surface area contributed by atoms with Crippen LogP contribution in [0.25, 0.3) is 0 Å². The summed E-state index contributed by atoms with van der Waals surface area (Å²) in [5, 5.41) is 3.82. The average Bonchev–Trinajstić information content (AvgIpc) is 3.04. The number of amides is 1. The molecule has 1 saturated heterocycles. The van der Waals surface area contributed by atoms with Crippen molar-refractivity contribution in [1.29, 1.82) is 0 Å². The van der Waals surface area contributed by atoms with Gasteiger partial charge in [0.15, 0.2) is 0 Å². The molecule has 0 unspecified atom stereocenters. The predicted octanol–water partition coefficient (Wildman–Crippen LogP) is 4.58. The van der Waals surface area contributed by atoms with Crippen LogP contribution in [0.4, 0.5) is 0 Å². The Morgan fingerprint density at radius 1 is 1.38 bits per heavy atom. The van der Waals surface area contributed by atoms with E-state index in [1.54, 1.807) is 29.5 Å². The maximum Gasteiger partial charge on any atom is 0.253 e. The van der Waals surface area contributed by atoms with Crippen LogP contribution in [-0.2, 0) is 0 Å². The summed E-state index contributed by atoms with van der Waals surface area (Å²) in [5.41, 5.74) is 0.680. The topological polar surface area (TPSA) is 33.2 Å².